The summed E-state index contributed by atoms with van der Waals surface area (Å²) in [4.78, 5) is 38.2. The molecule has 3 aliphatic rings. The summed E-state index contributed by atoms with van der Waals surface area (Å²) in [5.74, 6) is 0.840. The number of hydrogen-bond acceptors (Lipinski definition) is 7. The van der Waals surface area contributed by atoms with Crippen LogP contribution >= 0.6 is 0 Å². The van der Waals surface area contributed by atoms with Crippen LogP contribution in [0.15, 0.2) is 52.4 Å². The molecule has 4 heterocycles. The Hall–Kier alpha value is -3.95. The van der Waals surface area contributed by atoms with Crippen LogP contribution in [0.1, 0.15) is 58.4 Å². The van der Waals surface area contributed by atoms with Gasteiger partial charge in [0.15, 0.2) is 0 Å². The molecule has 0 saturated carbocycles. The van der Waals surface area contributed by atoms with Gasteiger partial charge in [-0.2, -0.15) is 0 Å². The van der Waals surface area contributed by atoms with E-state index in [2.05, 4.69) is 22.2 Å². The molecule has 222 valence electrons. The third-order valence-electron chi connectivity index (χ3n) is 8.42. The molecule has 42 heavy (non-hydrogen) atoms. The van der Waals surface area contributed by atoms with E-state index in [0.29, 0.717) is 29.9 Å². The van der Waals surface area contributed by atoms with Gasteiger partial charge in [-0.1, -0.05) is 25.1 Å². The van der Waals surface area contributed by atoms with E-state index in [1.54, 1.807) is 12.3 Å². The zero-order chi connectivity index (χ0) is 28.7. The third-order valence-corrected chi connectivity index (χ3v) is 8.42. The smallest absolute Gasteiger partial charge is 0.259 e. The number of carbonyl (C=O) groups excluding carboxylic acids is 1. The van der Waals surface area contributed by atoms with E-state index in [1.165, 1.54) is 0 Å². The molecule has 0 unspecified atom stereocenters. The van der Waals surface area contributed by atoms with E-state index >= 15 is 0 Å². The Balaban J connectivity index is 0.00000353. The topological polar surface area (TPSA) is 110 Å². The molecule has 2 aromatic carbocycles. The van der Waals surface area contributed by atoms with E-state index < -0.39 is 6.10 Å². The predicted molar refractivity (Wildman–Crippen MR) is 166 cm³/mol. The average Bonchev–Trinajstić information content (AvgIpc) is 3.50. The number of aliphatic imine (C=N–C) groups is 1. The highest BCUT2D eigenvalue weighted by molar-refractivity contribution is 6.10. The molecule has 0 spiro atoms. The van der Waals surface area contributed by atoms with Crippen LogP contribution in [0.25, 0.3) is 0 Å². The number of aryl methyl sites for hydroxylation is 2. The molecule has 3 aromatic rings. The fourth-order valence-corrected chi connectivity index (χ4v) is 6.12. The maximum absolute atomic E-state index is 13.3. The summed E-state index contributed by atoms with van der Waals surface area (Å²) in [5, 5.41) is 13.8. The number of hydrogen-bond donors (Lipinski definition) is 3. The van der Waals surface area contributed by atoms with Gasteiger partial charge in [-0.25, -0.2) is 0 Å². The third kappa shape index (κ3) is 5.84. The fraction of sp³-hybridized carbons (Fsp3) is 0.424. The SMILES string of the molecule is C.Cc1ccc(OC[C@H](O)CNc2cc[nH]c(=O)c2C2=Nc3cc4c(cc3C2)C(=O)N(C2CCN(C)CC2)C4)c(C)c1. The molecule has 9 heteroatoms. The Kier molecular flexibility index (Phi) is 8.52. The van der Waals surface area contributed by atoms with E-state index in [0.717, 1.165) is 65.2 Å². The first-order valence-electron chi connectivity index (χ1n) is 14.3. The van der Waals surface area contributed by atoms with Crippen LogP contribution in [-0.2, 0) is 13.0 Å². The summed E-state index contributed by atoms with van der Waals surface area (Å²) in [6, 6.07) is 12.0. The Morgan fingerprint density at radius 3 is 2.67 bits per heavy atom. The lowest BCUT2D eigenvalue weighted by atomic mass is 10.00. The van der Waals surface area contributed by atoms with Crippen LogP contribution < -0.4 is 15.6 Å². The van der Waals surface area contributed by atoms with Crippen LogP contribution in [0.2, 0.25) is 0 Å². The highest BCUT2D eigenvalue weighted by Gasteiger charge is 2.35. The van der Waals surface area contributed by atoms with Crippen LogP contribution in [0.5, 0.6) is 5.75 Å². The fourth-order valence-electron chi connectivity index (χ4n) is 6.12. The first-order valence-corrected chi connectivity index (χ1v) is 14.3. The van der Waals surface area contributed by atoms with Gasteiger partial charge in [0.05, 0.1) is 22.6 Å². The van der Waals surface area contributed by atoms with Crippen molar-refractivity contribution in [3.05, 3.63) is 86.3 Å². The number of piperidine rings is 1. The van der Waals surface area contributed by atoms with E-state index in [-0.39, 0.29) is 38.1 Å². The molecular weight excluding hydrogens is 530 g/mol. The normalized spacial score (nSPS) is 17.4. The first-order chi connectivity index (χ1) is 19.8. The summed E-state index contributed by atoms with van der Waals surface area (Å²) in [7, 11) is 2.12. The first kappa shape index (κ1) is 29.5. The molecule has 1 amide bonds. The molecular formula is C33H41N5O4. The van der Waals surface area contributed by atoms with E-state index in [4.69, 9.17) is 9.73 Å². The number of likely N-dealkylation sites (tertiary alicyclic amines) is 1. The van der Waals surface area contributed by atoms with Crippen molar-refractivity contribution in [2.24, 2.45) is 4.99 Å². The molecule has 6 rings (SSSR count). The predicted octanol–water partition coefficient (Wildman–Crippen LogP) is 4.21. The summed E-state index contributed by atoms with van der Waals surface area (Å²) in [6.45, 7) is 6.96. The second kappa shape index (κ2) is 12.1. The van der Waals surface area contributed by atoms with Gasteiger partial charge in [-0.15, -0.1) is 0 Å². The highest BCUT2D eigenvalue weighted by atomic mass is 16.5. The van der Waals surface area contributed by atoms with Crippen LogP contribution in [-0.4, -0.2) is 76.9 Å². The van der Waals surface area contributed by atoms with Gasteiger partial charge in [0.2, 0.25) is 0 Å². The van der Waals surface area contributed by atoms with Crippen LogP contribution in [0, 0.1) is 13.8 Å². The molecule has 3 N–H and O–H groups in total. The number of nitrogens with zero attached hydrogens (tertiary/aromatic N) is 3. The number of aromatic amines is 1. The zero-order valence-corrected chi connectivity index (χ0v) is 23.9. The summed E-state index contributed by atoms with van der Waals surface area (Å²) in [5.41, 5.74) is 7.14. The number of anilines is 1. The van der Waals surface area contributed by atoms with Crippen molar-refractivity contribution >= 4 is 23.0 Å². The Labute approximate surface area is 247 Å². The van der Waals surface area contributed by atoms with Crippen LogP contribution in [0.4, 0.5) is 11.4 Å². The molecule has 1 aromatic heterocycles. The number of aliphatic hydroxyl groups excluding tert-OH is 1. The molecule has 1 atom stereocenters. The summed E-state index contributed by atoms with van der Waals surface area (Å²) in [6.07, 6.45) is 3.26. The molecule has 3 aliphatic heterocycles. The number of carbonyl (C=O) groups is 1. The lowest BCUT2D eigenvalue weighted by molar-refractivity contribution is 0.0617. The maximum Gasteiger partial charge on any atom is 0.259 e. The average molecular weight is 572 g/mol. The standard InChI is InChI=1S/C32H37N5O4.CH4/c1-19-4-5-29(20(2)12-19)41-18-24(38)16-34-26-6-9-33-31(39)30(26)28-14-21-13-25-22(15-27(21)35-28)17-37(32(25)40)23-7-10-36(3)11-8-23;/h4-6,9,12-13,15,23-24,38H,7-8,10-11,14,16-18H2,1-3H3,(H2,33,34,39);1H4/t24-;/m1./s1. The van der Waals surface area contributed by atoms with Crippen molar-refractivity contribution in [1.29, 1.82) is 0 Å². The number of aliphatic hydroxyl groups is 1. The second-order valence-electron chi connectivity index (χ2n) is 11.6. The molecule has 9 nitrogen and oxygen atoms in total. The number of benzene rings is 2. The van der Waals surface area contributed by atoms with Gasteiger partial charge in [0.25, 0.3) is 11.5 Å². The van der Waals surface area contributed by atoms with Gasteiger partial charge in [-0.3, -0.25) is 14.6 Å². The Bertz CT molecular complexity index is 1570. The monoisotopic (exact) mass is 571 g/mol. The summed E-state index contributed by atoms with van der Waals surface area (Å²) < 4.78 is 5.82. The lowest BCUT2D eigenvalue weighted by Gasteiger charge is -2.34. The number of H-pyrrole nitrogens is 1. The quantitative estimate of drug-likeness (QED) is 0.374. The Morgan fingerprint density at radius 2 is 1.90 bits per heavy atom. The molecule has 1 fully saturated rings. The largest absolute Gasteiger partial charge is 0.491 e. The number of ether oxygens (including phenoxy) is 1. The number of pyridine rings is 1. The van der Waals surface area contributed by atoms with Gasteiger partial charge in [0, 0.05) is 37.3 Å². The maximum atomic E-state index is 13.3. The minimum absolute atomic E-state index is 0. The van der Waals surface area contributed by atoms with Gasteiger partial charge >= 0.3 is 0 Å². The number of aromatic nitrogens is 1. The minimum atomic E-state index is -0.785. The number of nitrogens with one attached hydrogen (secondary N) is 2. The molecule has 1 saturated heterocycles. The summed E-state index contributed by atoms with van der Waals surface area (Å²) >= 11 is 0. The highest BCUT2D eigenvalue weighted by Crippen LogP contribution is 2.37. The van der Waals surface area contributed by atoms with Crippen molar-refractivity contribution in [2.75, 3.05) is 38.6 Å². The van der Waals surface area contributed by atoms with Crippen molar-refractivity contribution in [1.82, 2.24) is 14.8 Å². The van der Waals surface area contributed by atoms with Crippen molar-refractivity contribution in [3.8, 4) is 5.75 Å². The number of rotatable bonds is 8. The van der Waals surface area contributed by atoms with Gasteiger partial charge < -0.3 is 29.9 Å². The molecule has 0 bridgehead atoms. The lowest BCUT2D eigenvalue weighted by Crippen LogP contribution is -2.43. The van der Waals surface area contributed by atoms with Crippen molar-refractivity contribution in [3.63, 3.8) is 0 Å². The number of amides is 1. The van der Waals surface area contributed by atoms with Gasteiger partial charge in [0.1, 0.15) is 18.5 Å². The van der Waals surface area contributed by atoms with Crippen molar-refractivity contribution < 1.29 is 14.6 Å². The zero-order valence-electron chi connectivity index (χ0n) is 23.9. The molecule has 0 radical (unpaired) electrons. The van der Waals surface area contributed by atoms with Crippen LogP contribution in [0.3, 0.4) is 0 Å². The van der Waals surface area contributed by atoms with Crippen molar-refractivity contribution in [2.45, 2.75) is 59.2 Å². The second-order valence-corrected chi connectivity index (χ2v) is 11.6. The number of fused-ring (bicyclic) bond motifs is 2. The minimum Gasteiger partial charge on any atom is -0.491 e. The van der Waals surface area contributed by atoms with E-state index in [1.807, 2.05) is 49.1 Å². The van der Waals surface area contributed by atoms with Gasteiger partial charge in [-0.05, 0) is 87.8 Å². The molecule has 0 aliphatic carbocycles. The Morgan fingerprint density at radius 1 is 1.12 bits per heavy atom. The van der Waals surface area contributed by atoms with E-state index in [9.17, 15) is 14.7 Å².